The minimum atomic E-state index is -0.407. The second-order valence-electron chi connectivity index (χ2n) is 5.85. The zero-order valence-corrected chi connectivity index (χ0v) is 11.9. The molecule has 0 bridgehead atoms. The summed E-state index contributed by atoms with van der Waals surface area (Å²) in [4.78, 5) is 0. The van der Waals surface area contributed by atoms with Gasteiger partial charge in [-0.15, -0.1) is 0 Å². The van der Waals surface area contributed by atoms with E-state index < -0.39 is 6.10 Å². The van der Waals surface area contributed by atoms with Gasteiger partial charge in [0.25, 0.3) is 0 Å². The van der Waals surface area contributed by atoms with Gasteiger partial charge in [-0.2, -0.15) is 0 Å². The Morgan fingerprint density at radius 3 is 2.68 bits per heavy atom. The Bertz CT molecular complexity index is 366. The smallest absolute Gasteiger partial charge is 0.0897 e. The molecule has 2 rings (SSSR count). The van der Waals surface area contributed by atoms with Crippen molar-refractivity contribution in [2.24, 2.45) is 5.92 Å². The van der Waals surface area contributed by atoms with E-state index in [0.29, 0.717) is 37.6 Å². The van der Waals surface area contributed by atoms with Crippen LogP contribution >= 0.6 is 0 Å². The zero-order chi connectivity index (χ0) is 13.7. The maximum Gasteiger partial charge on any atom is 0.0897 e. The van der Waals surface area contributed by atoms with Crippen LogP contribution in [0.3, 0.4) is 0 Å². The molecule has 3 nitrogen and oxygen atoms in total. The number of aliphatic hydroxyl groups excluding tert-OH is 1. The number of hydrogen-bond donors (Lipinski definition) is 2. The van der Waals surface area contributed by atoms with E-state index in [0.717, 1.165) is 0 Å². The Kier molecular flexibility index (Phi) is 5.37. The maximum atomic E-state index is 9.81. The molecule has 0 heterocycles. The van der Waals surface area contributed by atoms with Gasteiger partial charge < -0.3 is 15.2 Å². The fourth-order valence-corrected chi connectivity index (χ4v) is 2.28. The van der Waals surface area contributed by atoms with Gasteiger partial charge in [-0.25, -0.2) is 0 Å². The summed E-state index contributed by atoms with van der Waals surface area (Å²) in [5, 5.41) is 13.2. The lowest BCUT2D eigenvalue weighted by Gasteiger charge is -2.13. The molecule has 3 unspecified atom stereocenters. The highest BCUT2D eigenvalue weighted by molar-refractivity contribution is 5.27. The van der Waals surface area contributed by atoms with E-state index in [4.69, 9.17) is 4.74 Å². The van der Waals surface area contributed by atoms with Gasteiger partial charge in [0.05, 0.1) is 12.7 Å². The van der Waals surface area contributed by atoms with E-state index >= 15 is 0 Å². The summed E-state index contributed by atoms with van der Waals surface area (Å²) < 4.78 is 5.43. The third-order valence-electron chi connectivity index (χ3n) is 3.40. The number of rotatable bonds is 8. The number of nitrogens with one attached hydrogen (secondary N) is 1. The molecule has 1 aliphatic carbocycles. The number of ether oxygens (including phenoxy) is 1. The first-order chi connectivity index (χ1) is 9.16. The van der Waals surface area contributed by atoms with Crippen molar-refractivity contribution in [1.82, 2.24) is 5.32 Å². The third-order valence-corrected chi connectivity index (χ3v) is 3.40. The van der Waals surface area contributed by atoms with Crippen LogP contribution in [0.1, 0.15) is 31.7 Å². The van der Waals surface area contributed by atoms with E-state index in [9.17, 15) is 5.11 Å². The van der Waals surface area contributed by atoms with E-state index in [1.807, 2.05) is 6.07 Å². The molecule has 3 heteroatoms. The summed E-state index contributed by atoms with van der Waals surface area (Å²) >= 11 is 0. The Morgan fingerprint density at radius 2 is 2.00 bits per heavy atom. The summed E-state index contributed by atoms with van der Waals surface area (Å²) in [6.45, 7) is 5.98. The first kappa shape index (κ1) is 14.5. The fraction of sp³-hybridized carbons (Fsp3) is 0.625. The average Bonchev–Trinajstić information content (AvgIpc) is 3.16. The average molecular weight is 263 g/mol. The molecule has 19 heavy (non-hydrogen) atoms. The van der Waals surface area contributed by atoms with Gasteiger partial charge >= 0.3 is 0 Å². The van der Waals surface area contributed by atoms with Crippen LogP contribution in [-0.4, -0.2) is 37.0 Å². The molecule has 1 fully saturated rings. The molecule has 0 spiro atoms. The van der Waals surface area contributed by atoms with Crippen LogP contribution in [0.2, 0.25) is 0 Å². The predicted octanol–water partition coefficient (Wildman–Crippen LogP) is 2.17. The molecule has 0 amide bonds. The first-order valence-electron chi connectivity index (χ1n) is 7.21. The van der Waals surface area contributed by atoms with Crippen LogP contribution in [0, 0.1) is 5.92 Å². The second-order valence-corrected chi connectivity index (χ2v) is 5.85. The van der Waals surface area contributed by atoms with E-state index in [-0.39, 0.29) is 0 Å². The Labute approximate surface area is 116 Å². The van der Waals surface area contributed by atoms with Crippen molar-refractivity contribution < 1.29 is 9.84 Å². The summed E-state index contributed by atoms with van der Waals surface area (Å²) in [5.41, 5.74) is 1.39. The molecule has 0 saturated heterocycles. The van der Waals surface area contributed by atoms with Gasteiger partial charge in [-0.3, -0.25) is 0 Å². The van der Waals surface area contributed by atoms with Crippen molar-refractivity contribution in [3.63, 3.8) is 0 Å². The molecule has 1 saturated carbocycles. The van der Waals surface area contributed by atoms with E-state index in [2.05, 4.69) is 43.4 Å². The van der Waals surface area contributed by atoms with Gasteiger partial charge in [-0.05, 0) is 17.9 Å². The van der Waals surface area contributed by atoms with Crippen LogP contribution in [0.25, 0.3) is 0 Å². The molecule has 0 radical (unpaired) electrons. The van der Waals surface area contributed by atoms with Crippen LogP contribution in [-0.2, 0) is 4.74 Å². The highest BCUT2D eigenvalue weighted by atomic mass is 16.5. The van der Waals surface area contributed by atoms with Crippen molar-refractivity contribution in [2.45, 2.75) is 38.3 Å². The summed E-state index contributed by atoms with van der Waals surface area (Å²) in [7, 11) is 0. The second kappa shape index (κ2) is 7.04. The lowest BCUT2D eigenvalue weighted by Crippen LogP contribution is -2.32. The van der Waals surface area contributed by atoms with Crippen LogP contribution in [0.15, 0.2) is 30.3 Å². The number of hydrogen-bond acceptors (Lipinski definition) is 3. The molecule has 3 atom stereocenters. The highest BCUT2D eigenvalue weighted by Gasteiger charge is 2.37. The number of benzene rings is 1. The molecule has 106 valence electrons. The molecule has 2 N–H and O–H groups in total. The fourth-order valence-electron chi connectivity index (χ4n) is 2.28. The van der Waals surface area contributed by atoms with Crippen molar-refractivity contribution in [2.75, 3.05) is 19.8 Å². The highest BCUT2D eigenvalue weighted by Crippen LogP contribution is 2.40. The van der Waals surface area contributed by atoms with Crippen molar-refractivity contribution in [1.29, 1.82) is 0 Å². The van der Waals surface area contributed by atoms with Crippen LogP contribution < -0.4 is 5.32 Å². The largest absolute Gasteiger partial charge is 0.389 e. The standard InChI is InChI=1S/C16H25NO2/c1-12(2)10-19-11-14(18)9-17-16-8-15(16)13-6-4-3-5-7-13/h3-7,12,14-18H,8-11H2,1-2H3. The van der Waals surface area contributed by atoms with Gasteiger partial charge in [0, 0.05) is 25.1 Å². The molecule has 1 aliphatic rings. The summed E-state index contributed by atoms with van der Waals surface area (Å²) in [6, 6.07) is 11.1. The van der Waals surface area contributed by atoms with Crippen LogP contribution in [0.5, 0.6) is 0 Å². The Hall–Kier alpha value is -0.900. The normalized spacial score (nSPS) is 23.6. The molecule has 0 aliphatic heterocycles. The first-order valence-corrected chi connectivity index (χ1v) is 7.21. The maximum absolute atomic E-state index is 9.81. The van der Waals surface area contributed by atoms with Gasteiger partial charge in [0.1, 0.15) is 0 Å². The van der Waals surface area contributed by atoms with E-state index in [1.54, 1.807) is 0 Å². The summed E-state index contributed by atoms with van der Waals surface area (Å²) in [5.74, 6) is 1.14. The zero-order valence-electron chi connectivity index (χ0n) is 11.9. The topological polar surface area (TPSA) is 41.5 Å². The van der Waals surface area contributed by atoms with Gasteiger partial charge in [-0.1, -0.05) is 44.2 Å². The molecular formula is C16H25NO2. The molecule has 1 aromatic carbocycles. The summed E-state index contributed by atoms with van der Waals surface area (Å²) in [6.07, 6.45) is 0.764. The monoisotopic (exact) mass is 263 g/mol. The van der Waals surface area contributed by atoms with E-state index in [1.165, 1.54) is 12.0 Å². The molecule has 0 aromatic heterocycles. The predicted molar refractivity (Wildman–Crippen MR) is 77.3 cm³/mol. The minimum Gasteiger partial charge on any atom is -0.389 e. The quantitative estimate of drug-likeness (QED) is 0.755. The lowest BCUT2D eigenvalue weighted by atomic mass is 10.1. The van der Waals surface area contributed by atoms with Gasteiger partial charge in [0.15, 0.2) is 0 Å². The van der Waals surface area contributed by atoms with Gasteiger partial charge in [0.2, 0.25) is 0 Å². The SMILES string of the molecule is CC(C)COCC(O)CNC1CC1c1ccccc1. The van der Waals surface area contributed by atoms with Crippen molar-refractivity contribution in [3.05, 3.63) is 35.9 Å². The van der Waals surface area contributed by atoms with Crippen molar-refractivity contribution >= 4 is 0 Å². The minimum absolute atomic E-state index is 0.407. The Balaban J connectivity index is 1.60. The Morgan fingerprint density at radius 1 is 1.26 bits per heavy atom. The number of aliphatic hydroxyl groups is 1. The third kappa shape index (κ3) is 4.94. The molecular weight excluding hydrogens is 238 g/mol. The molecule has 1 aromatic rings. The lowest BCUT2D eigenvalue weighted by molar-refractivity contribution is 0.0260. The van der Waals surface area contributed by atoms with Crippen LogP contribution in [0.4, 0.5) is 0 Å². The van der Waals surface area contributed by atoms with Crippen molar-refractivity contribution in [3.8, 4) is 0 Å².